The van der Waals surface area contributed by atoms with Crippen molar-refractivity contribution < 1.29 is 4.79 Å². The maximum atomic E-state index is 12.1. The number of aromatic nitrogens is 2. The minimum Gasteiger partial charge on any atom is -0.290 e. The molecule has 2 rings (SSSR count). The number of amides is 1. The van der Waals surface area contributed by atoms with Gasteiger partial charge in [-0.3, -0.25) is 14.4 Å². The van der Waals surface area contributed by atoms with E-state index in [1.54, 1.807) is 15.8 Å². The molecule has 90 valence electrons. The lowest BCUT2D eigenvalue weighted by Gasteiger charge is -2.18. The van der Waals surface area contributed by atoms with E-state index in [4.69, 9.17) is 12.2 Å². The number of thiocarbonyl (C=S) groups is 1. The van der Waals surface area contributed by atoms with Gasteiger partial charge in [-0.05, 0) is 19.9 Å². The fourth-order valence-electron chi connectivity index (χ4n) is 1.59. The lowest BCUT2D eigenvalue weighted by Crippen LogP contribution is -2.34. The average molecular weight is 267 g/mol. The molecular formula is C11H13N3OS2. The molecule has 0 bridgehead atoms. The maximum absolute atomic E-state index is 12.1. The Bertz CT molecular complexity index is 505. The highest BCUT2D eigenvalue weighted by atomic mass is 32.2. The quantitative estimate of drug-likeness (QED) is 0.607. The molecule has 1 aromatic rings. The summed E-state index contributed by atoms with van der Waals surface area (Å²) >= 11 is 6.54. The SMILES string of the molecule is CC(C)N1C(=O)/C(=C\c2cnn(C)c2)SC1=S. The minimum atomic E-state index is -0.0150. The molecule has 4 nitrogen and oxygen atoms in total. The van der Waals surface area contributed by atoms with Crippen LogP contribution in [0.15, 0.2) is 17.3 Å². The van der Waals surface area contributed by atoms with Crippen molar-refractivity contribution in [2.75, 3.05) is 0 Å². The molecule has 0 radical (unpaired) electrons. The molecule has 6 heteroatoms. The van der Waals surface area contributed by atoms with Crippen LogP contribution < -0.4 is 0 Å². The molecule has 2 heterocycles. The largest absolute Gasteiger partial charge is 0.290 e. The molecule has 17 heavy (non-hydrogen) atoms. The summed E-state index contributed by atoms with van der Waals surface area (Å²) in [6.45, 7) is 3.91. The smallest absolute Gasteiger partial charge is 0.266 e. The van der Waals surface area contributed by atoms with Gasteiger partial charge in [-0.1, -0.05) is 24.0 Å². The van der Waals surface area contributed by atoms with Crippen LogP contribution in [0.1, 0.15) is 19.4 Å². The predicted octanol–water partition coefficient (Wildman–Crippen LogP) is 2.03. The van der Waals surface area contributed by atoms with Gasteiger partial charge in [0.25, 0.3) is 5.91 Å². The highest BCUT2D eigenvalue weighted by Gasteiger charge is 2.33. The van der Waals surface area contributed by atoms with Crippen molar-refractivity contribution in [2.24, 2.45) is 7.05 Å². The fourth-order valence-corrected chi connectivity index (χ4v) is 3.12. The van der Waals surface area contributed by atoms with E-state index in [0.717, 1.165) is 5.56 Å². The van der Waals surface area contributed by atoms with Crippen LogP contribution in [0, 0.1) is 0 Å². The van der Waals surface area contributed by atoms with E-state index in [2.05, 4.69) is 5.10 Å². The van der Waals surface area contributed by atoms with Gasteiger partial charge >= 0.3 is 0 Å². The molecule has 0 aromatic carbocycles. The van der Waals surface area contributed by atoms with Crippen molar-refractivity contribution in [2.45, 2.75) is 19.9 Å². The standard InChI is InChI=1S/C11H13N3OS2/c1-7(2)14-10(15)9(17-11(14)16)4-8-5-12-13(3)6-8/h4-7H,1-3H3/b9-4+. The van der Waals surface area contributed by atoms with E-state index in [-0.39, 0.29) is 11.9 Å². The van der Waals surface area contributed by atoms with E-state index in [1.165, 1.54) is 11.8 Å². The number of nitrogens with zero attached hydrogens (tertiary/aromatic N) is 3. The lowest BCUT2D eigenvalue weighted by molar-refractivity contribution is -0.123. The molecule has 1 saturated heterocycles. The van der Waals surface area contributed by atoms with Crippen LogP contribution in [0.25, 0.3) is 6.08 Å². The van der Waals surface area contributed by atoms with Crippen molar-refractivity contribution in [3.05, 3.63) is 22.9 Å². The summed E-state index contributed by atoms with van der Waals surface area (Å²) in [4.78, 5) is 14.4. The third-order valence-electron chi connectivity index (χ3n) is 2.36. The van der Waals surface area contributed by atoms with Crippen molar-refractivity contribution in [3.63, 3.8) is 0 Å². The molecule has 0 saturated carbocycles. The molecule has 1 fully saturated rings. The number of carbonyl (C=O) groups is 1. The van der Waals surface area contributed by atoms with E-state index >= 15 is 0 Å². The Morgan fingerprint density at radius 3 is 2.71 bits per heavy atom. The third-order valence-corrected chi connectivity index (χ3v) is 3.69. The van der Waals surface area contributed by atoms with Gasteiger partial charge in [-0.25, -0.2) is 0 Å². The molecule has 0 aliphatic carbocycles. The first kappa shape index (κ1) is 12.3. The summed E-state index contributed by atoms with van der Waals surface area (Å²) in [7, 11) is 1.84. The fraction of sp³-hybridized carbons (Fsp3) is 0.364. The van der Waals surface area contributed by atoms with Crippen molar-refractivity contribution in [1.82, 2.24) is 14.7 Å². The van der Waals surface area contributed by atoms with Crippen LogP contribution >= 0.6 is 24.0 Å². The van der Waals surface area contributed by atoms with Gasteiger partial charge < -0.3 is 0 Å². The van der Waals surface area contributed by atoms with Gasteiger partial charge in [-0.15, -0.1) is 0 Å². The second-order valence-electron chi connectivity index (χ2n) is 4.09. The van der Waals surface area contributed by atoms with Crippen LogP contribution in [-0.2, 0) is 11.8 Å². The third kappa shape index (κ3) is 2.42. The molecule has 0 unspecified atom stereocenters. The Morgan fingerprint density at radius 2 is 2.24 bits per heavy atom. The monoisotopic (exact) mass is 267 g/mol. The summed E-state index contributed by atoms with van der Waals surface area (Å²) in [5, 5.41) is 4.06. The van der Waals surface area contributed by atoms with Crippen LogP contribution in [-0.4, -0.2) is 30.9 Å². The van der Waals surface area contributed by atoms with E-state index in [0.29, 0.717) is 9.23 Å². The van der Waals surface area contributed by atoms with Crippen molar-refractivity contribution in [3.8, 4) is 0 Å². The zero-order valence-corrected chi connectivity index (χ0v) is 11.5. The Balaban J connectivity index is 2.28. The normalized spacial score (nSPS) is 18.8. The first-order valence-electron chi connectivity index (χ1n) is 5.24. The topological polar surface area (TPSA) is 38.1 Å². The Labute approximate surface area is 110 Å². The number of aryl methyl sites for hydroxylation is 1. The Kier molecular flexibility index (Phi) is 3.35. The van der Waals surface area contributed by atoms with Gasteiger partial charge in [0, 0.05) is 24.8 Å². The molecule has 1 aliphatic rings. The first-order valence-corrected chi connectivity index (χ1v) is 6.47. The zero-order valence-electron chi connectivity index (χ0n) is 9.88. The Hall–Kier alpha value is -1.14. The number of hydrogen-bond donors (Lipinski definition) is 0. The molecule has 1 aliphatic heterocycles. The summed E-state index contributed by atoms with van der Waals surface area (Å²) in [6, 6.07) is 0.0994. The maximum Gasteiger partial charge on any atom is 0.266 e. The molecule has 0 atom stereocenters. The van der Waals surface area contributed by atoms with Crippen LogP contribution in [0.4, 0.5) is 0 Å². The number of hydrogen-bond acceptors (Lipinski definition) is 4. The summed E-state index contributed by atoms with van der Waals surface area (Å²) in [6.07, 6.45) is 5.42. The van der Waals surface area contributed by atoms with Gasteiger partial charge in [-0.2, -0.15) is 5.10 Å². The molecule has 1 amide bonds. The second kappa shape index (κ2) is 4.62. The van der Waals surface area contributed by atoms with Crippen LogP contribution in [0.2, 0.25) is 0 Å². The molecule has 0 N–H and O–H groups in total. The summed E-state index contributed by atoms with van der Waals surface area (Å²) < 4.78 is 2.33. The zero-order chi connectivity index (χ0) is 12.6. The van der Waals surface area contributed by atoms with Gasteiger partial charge in [0.1, 0.15) is 4.32 Å². The first-order chi connectivity index (χ1) is 7.99. The second-order valence-corrected chi connectivity index (χ2v) is 5.77. The van der Waals surface area contributed by atoms with Gasteiger partial charge in [0.2, 0.25) is 0 Å². The highest BCUT2D eigenvalue weighted by Crippen LogP contribution is 2.33. The number of thioether (sulfide) groups is 1. The average Bonchev–Trinajstić information content (AvgIpc) is 2.73. The molecule has 1 aromatic heterocycles. The van der Waals surface area contributed by atoms with Gasteiger partial charge in [0.05, 0.1) is 11.1 Å². The van der Waals surface area contributed by atoms with Crippen molar-refractivity contribution in [1.29, 1.82) is 0 Å². The number of rotatable bonds is 2. The molecule has 0 spiro atoms. The van der Waals surface area contributed by atoms with Gasteiger partial charge in [0.15, 0.2) is 0 Å². The van der Waals surface area contributed by atoms with Crippen LogP contribution in [0.5, 0.6) is 0 Å². The van der Waals surface area contributed by atoms with E-state index < -0.39 is 0 Å². The van der Waals surface area contributed by atoms with E-state index in [1.807, 2.05) is 33.2 Å². The highest BCUT2D eigenvalue weighted by molar-refractivity contribution is 8.26. The van der Waals surface area contributed by atoms with E-state index in [9.17, 15) is 4.79 Å². The van der Waals surface area contributed by atoms with Crippen LogP contribution in [0.3, 0.4) is 0 Å². The Morgan fingerprint density at radius 1 is 1.53 bits per heavy atom. The van der Waals surface area contributed by atoms with Crippen molar-refractivity contribution >= 4 is 40.3 Å². The predicted molar refractivity (Wildman–Crippen MR) is 73.4 cm³/mol. The molecular weight excluding hydrogens is 254 g/mol. The minimum absolute atomic E-state index is 0.0150. The number of carbonyl (C=O) groups excluding carboxylic acids is 1. The summed E-state index contributed by atoms with van der Waals surface area (Å²) in [5.74, 6) is -0.0150. The summed E-state index contributed by atoms with van der Waals surface area (Å²) in [5.41, 5.74) is 0.914. The lowest BCUT2D eigenvalue weighted by atomic mass is 10.3.